The molecular formula is C14H22F6N2O4. The maximum atomic E-state index is 10.6. The maximum Gasteiger partial charge on any atom is 0.490 e. The lowest BCUT2D eigenvalue weighted by atomic mass is 9.89. The summed E-state index contributed by atoms with van der Waals surface area (Å²) in [5.74, 6) is -5.51. The Labute approximate surface area is 146 Å². The molecule has 2 heterocycles. The largest absolute Gasteiger partial charge is 0.490 e. The van der Waals surface area contributed by atoms with Crippen LogP contribution in [-0.2, 0) is 9.59 Å². The van der Waals surface area contributed by atoms with Crippen LogP contribution in [0.4, 0.5) is 26.3 Å². The highest BCUT2D eigenvalue weighted by Gasteiger charge is 2.39. The van der Waals surface area contributed by atoms with Gasteiger partial charge >= 0.3 is 24.3 Å². The van der Waals surface area contributed by atoms with Crippen molar-refractivity contribution in [2.45, 2.75) is 50.5 Å². The van der Waals surface area contributed by atoms with Gasteiger partial charge in [-0.3, -0.25) is 4.90 Å². The van der Waals surface area contributed by atoms with Gasteiger partial charge in [0.15, 0.2) is 0 Å². The van der Waals surface area contributed by atoms with Crippen molar-refractivity contribution in [3.63, 3.8) is 0 Å². The predicted molar refractivity (Wildman–Crippen MR) is 78.7 cm³/mol. The van der Waals surface area contributed by atoms with Crippen LogP contribution in [0.15, 0.2) is 0 Å². The van der Waals surface area contributed by atoms with Crippen molar-refractivity contribution >= 4 is 11.9 Å². The Bertz CT molecular complexity index is 431. The number of carbonyl (C=O) groups is 2. The van der Waals surface area contributed by atoms with E-state index in [1.54, 1.807) is 0 Å². The molecule has 2 saturated heterocycles. The molecule has 12 heteroatoms. The highest BCUT2D eigenvalue weighted by molar-refractivity contribution is 5.73. The standard InChI is InChI=1S/C10H20N2.2C2HF3O2/c1-10(4-6-11-7-5-10)12-8-2-3-9-12;2*3-2(4,5)1(6)7/h11H,2-9H2,1H3;2*(H,6,7). The van der Waals surface area contributed by atoms with E-state index in [-0.39, 0.29) is 0 Å². The Kier molecular flexibility index (Phi) is 9.35. The lowest BCUT2D eigenvalue weighted by Gasteiger charge is -2.42. The van der Waals surface area contributed by atoms with Gasteiger partial charge in [-0.2, -0.15) is 26.3 Å². The minimum absolute atomic E-state index is 0.530. The molecule has 2 fully saturated rings. The molecule has 2 aliphatic heterocycles. The number of carboxylic acids is 2. The van der Waals surface area contributed by atoms with E-state index in [1.165, 1.54) is 51.9 Å². The Hall–Kier alpha value is -1.56. The van der Waals surface area contributed by atoms with Gasteiger partial charge in [0.1, 0.15) is 0 Å². The van der Waals surface area contributed by atoms with E-state index < -0.39 is 24.3 Å². The Balaban J connectivity index is 0.000000390. The summed E-state index contributed by atoms with van der Waals surface area (Å²) < 4.78 is 63.5. The van der Waals surface area contributed by atoms with Gasteiger partial charge < -0.3 is 15.5 Å². The third-order valence-corrected chi connectivity index (χ3v) is 4.04. The molecule has 0 unspecified atom stereocenters. The zero-order chi connectivity index (χ0) is 20.6. The second-order valence-corrected chi connectivity index (χ2v) is 6.05. The number of rotatable bonds is 1. The molecule has 0 aromatic carbocycles. The number of piperidine rings is 1. The molecule has 0 spiro atoms. The second-order valence-electron chi connectivity index (χ2n) is 6.05. The number of hydrogen-bond acceptors (Lipinski definition) is 4. The monoisotopic (exact) mass is 396 g/mol. The first-order valence-electron chi connectivity index (χ1n) is 7.76. The predicted octanol–water partition coefficient (Wildman–Crippen LogP) is 2.49. The van der Waals surface area contributed by atoms with E-state index in [0.717, 1.165) is 0 Å². The summed E-state index contributed by atoms with van der Waals surface area (Å²) in [6.07, 6.45) is -4.65. The zero-order valence-corrected chi connectivity index (χ0v) is 14.1. The van der Waals surface area contributed by atoms with Crippen LogP contribution < -0.4 is 5.32 Å². The zero-order valence-electron chi connectivity index (χ0n) is 14.1. The fraction of sp³-hybridized carbons (Fsp3) is 0.857. The van der Waals surface area contributed by atoms with Crippen LogP contribution in [0.3, 0.4) is 0 Å². The molecule has 6 nitrogen and oxygen atoms in total. The molecule has 0 saturated carbocycles. The van der Waals surface area contributed by atoms with Gasteiger partial charge in [0.05, 0.1) is 0 Å². The summed E-state index contributed by atoms with van der Waals surface area (Å²) in [4.78, 5) is 20.5. The van der Waals surface area contributed by atoms with Gasteiger partial charge in [-0.15, -0.1) is 0 Å². The van der Waals surface area contributed by atoms with Crippen molar-refractivity contribution < 1.29 is 46.1 Å². The quantitative estimate of drug-likeness (QED) is 0.590. The van der Waals surface area contributed by atoms with Crippen molar-refractivity contribution in [2.24, 2.45) is 0 Å². The number of alkyl halides is 6. The first-order chi connectivity index (χ1) is 11.7. The fourth-order valence-electron chi connectivity index (χ4n) is 2.54. The SMILES string of the molecule is CC1(N2CCCC2)CCNCC1.O=C(O)C(F)(F)F.O=C(O)C(F)(F)F. The van der Waals surface area contributed by atoms with E-state index in [4.69, 9.17) is 19.8 Å². The van der Waals surface area contributed by atoms with Gasteiger partial charge in [0.25, 0.3) is 0 Å². The van der Waals surface area contributed by atoms with E-state index >= 15 is 0 Å². The molecule has 0 aliphatic carbocycles. The number of aliphatic carboxylic acids is 2. The number of halogens is 6. The summed E-state index contributed by atoms with van der Waals surface area (Å²) in [5.41, 5.74) is 0.530. The van der Waals surface area contributed by atoms with Crippen molar-refractivity contribution in [3.05, 3.63) is 0 Å². The lowest BCUT2D eigenvalue weighted by molar-refractivity contribution is -0.193. The molecule has 0 aromatic rings. The molecule has 26 heavy (non-hydrogen) atoms. The molecule has 2 aliphatic rings. The number of carboxylic acid groups (broad SMARTS) is 2. The topological polar surface area (TPSA) is 89.9 Å². The number of nitrogens with one attached hydrogen (secondary N) is 1. The van der Waals surface area contributed by atoms with Crippen LogP contribution >= 0.6 is 0 Å². The molecule has 0 amide bonds. The number of likely N-dealkylation sites (tertiary alicyclic amines) is 1. The van der Waals surface area contributed by atoms with E-state index in [1.807, 2.05) is 0 Å². The van der Waals surface area contributed by atoms with Gasteiger partial charge in [-0.25, -0.2) is 9.59 Å². The van der Waals surface area contributed by atoms with Gasteiger partial charge in [0.2, 0.25) is 0 Å². The van der Waals surface area contributed by atoms with E-state index in [2.05, 4.69) is 17.1 Å². The van der Waals surface area contributed by atoms with Crippen LogP contribution in [0, 0.1) is 0 Å². The van der Waals surface area contributed by atoms with E-state index in [9.17, 15) is 26.3 Å². The average molecular weight is 396 g/mol. The van der Waals surface area contributed by atoms with Crippen LogP contribution in [-0.4, -0.2) is 71.1 Å². The Morgan fingerprint density at radius 2 is 1.19 bits per heavy atom. The molecule has 0 bridgehead atoms. The molecule has 154 valence electrons. The smallest absolute Gasteiger partial charge is 0.475 e. The normalized spacial score (nSPS) is 20.3. The highest BCUT2D eigenvalue weighted by atomic mass is 19.4. The summed E-state index contributed by atoms with van der Waals surface area (Å²) in [6, 6.07) is 0. The first-order valence-corrected chi connectivity index (χ1v) is 7.76. The van der Waals surface area contributed by atoms with Crippen molar-refractivity contribution in [1.29, 1.82) is 0 Å². The van der Waals surface area contributed by atoms with Crippen molar-refractivity contribution in [3.8, 4) is 0 Å². The van der Waals surface area contributed by atoms with Crippen molar-refractivity contribution in [2.75, 3.05) is 26.2 Å². The minimum Gasteiger partial charge on any atom is -0.475 e. The van der Waals surface area contributed by atoms with Crippen LogP contribution in [0.25, 0.3) is 0 Å². The molecular weight excluding hydrogens is 374 g/mol. The minimum atomic E-state index is -5.08. The van der Waals surface area contributed by atoms with Crippen LogP contribution in [0.2, 0.25) is 0 Å². The molecule has 0 aromatic heterocycles. The molecule has 0 atom stereocenters. The third kappa shape index (κ3) is 9.22. The molecule has 0 radical (unpaired) electrons. The maximum absolute atomic E-state index is 10.6. The van der Waals surface area contributed by atoms with Crippen molar-refractivity contribution in [1.82, 2.24) is 10.2 Å². The summed E-state index contributed by atoms with van der Waals surface area (Å²) in [7, 11) is 0. The molecule has 3 N–H and O–H groups in total. The number of nitrogens with zero attached hydrogens (tertiary/aromatic N) is 1. The van der Waals surface area contributed by atoms with E-state index in [0.29, 0.717) is 5.54 Å². The fourth-order valence-corrected chi connectivity index (χ4v) is 2.54. The van der Waals surface area contributed by atoms with Crippen LogP contribution in [0.5, 0.6) is 0 Å². The Morgan fingerprint density at radius 3 is 1.46 bits per heavy atom. The average Bonchev–Trinajstić information content (AvgIpc) is 3.02. The summed E-state index contributed by atoms with van der Waals surface area (Å²) in [5, 5.41) is 17.7. The van der Waals surface area contributed by atoms with Crippen LogP contribution in [0.1, 0.15) is 32.6 Å². The molecule has 2 rings (SSSR count). The van der Waals surface area contributed by atoms with Gasteiger partial charge in [0, 0.05) is 5.54 Å². The first kappa shape index (κ1) is 24.4. The van der Waals surface area contributed by atoms with Gasteiger partial charge in [-0.05, 0) is 58.8 Å². The number of hydrogen-bond donors (Lipinski definition) is 3. The summed E-state index contributed by atoms with van der Waals surface area (Å²) in [6.45, 7) is 7.56. The third-order valence-electron chi connectivity index (χ3n) is 4.04. The lowest BCUT2D eigenvalue weighted by Crippen LogP contribution is -2.51. The van der Waals surface area contributed by atoms with Gasteiger partial charge in [-0.1, -0.05) is 0 Å². The summed E-state index contributed by atoms with van der Waals surface area (Å²) >= 11 is 0. The highest BCUT2D eigenvalue weighted by Crippen LogP contribution is 2.28. The Morgan fingerprint density at radius 1 is 0.885 bits per heavy atom. The second kappa shape index (κ2) is 9.95.